The quantitative estimate of drug-likeness (QED) is 0.777. The summed E-state index contributed by atoms with van der Waals surface area (Å²) in [5, 5.41) is 3.25. The van der Waals surface area contributed by atoms with Crippen molar-refractivity contribution in [3.8, 4) is 0 Å². The molecule has 0 aromatic heterocycles. The van der Waals surface area contributed by atoms with Crippen molar-refractivity contribution in [2.24, 2.45) is 16.7 Å². The molecule has 2 saturated carbocycles. The number of aryl methyl sites for hydroxylation is 1. The van der Waals surface area contributed by atoms with Gasteiger partial charge in [-0.15, -0.1) is 0 Å². The van der Waals surface area contributed by atoms with E-state index in [1.54, 1.807) is 18.2 Å². The minimum Gasteiger partial charge on any atom is -0.349 e. The zero-order valence-electron chi connectivity index (χ0n) is 18.0. The van der Waals surface area contributed by atoms with Crippen LogP contribution in [0.4, 0.5) is 0 Å². The average molecular weight is 407 g/mol. The summed E-state index contributed by atoms with van der Waals surface area (Å²) in [5.74, 6) is 0.474. The molecule has 0 spiro atoms. The molecule has 2 bridgehead atoms. The van der Waals surface area contributed by atoms with Crippen LogP contribution in [0.3, 0.4) is 0 Å². The molecule has 3 unspecified atom stereocenters. The van der Waals surface area contributed by atoms with Crippen molar-refractivity contribution in [3.05, 3.63) is 29.3 Å². The highest BCUT2D eigenvalue weighted by Gasteiger charge is 2.61. The van der Waals surface area contributed by atoms with Crippen LogP contribution in [0.2, 0.25) is 0 Å². The molecule has 1 N–H and O–H groups in total. The normalized spacial score (nSPS) is 28.7. The fourth-order valence-electron chi connectivity index (χ4n) is 5.38. The first-order valence-electron chi connectivity index (χ1n) is 10.4. The summed E-state index contributed by atoms with van der Waals surface area (Å²) < 4.78 is 27.1. The molecule has 1 aromatic rings. The smallest absolute Gasteiger partial charge is 0.251 e. The molecule has 2 aliphatic rings. The second kappa shape index (κ2) is 7.13. The zero-order valence-corrected chi connectivity index (χ0v) is 18.8. The topological polar surface area (TPSA) is 66.5 Å². The first-order valence-corrected chi connectivity index (χ1v) is 11.8. The van der Waals surface area contributed by atoms with Gasteiger partial charge in [0, 0.05) is 24.7 Å². The second-order valence-electron chi connectivity index (χ2n) is 9.20. The number of hydrogen-bond acceptors (Lipinski definition) is 3. The molecule has 5 nitrogen and oxygen atoms in total. The van der Waals surface area contributed by atoms with Gasteiger partial charge in [0.25, 0.3) is 5.91 Å². The van der Waals surface area contributed by atoms with Crippen molar-refractivity contribution in [3.63, 3.8) is 0 Å². The molecule has 1 aromatic carbocycles. The molecule has 156 valence electrons. The fraction of sp³-hybridized carbons (Fsp3) is 0.682. The minimum atomic E-state index is -3.59. The van der Waals surface area contributed by atoms with Crippen LogP contribution < -0.4 is 5.32 Å². The van der Waals surface area contributed by atoms with E-state index >= 15 is 0 Å². The summed E-state index contributed by atoms with van der Waals surface area (Å²) in [7, 11) is -3.59. The van der Waals surface area contributed by atoms with E-state index in [0.717, 1.165) is 18.4 Å². The number of carbonyl (C=O) groups excluding carboxylic acids is 1. The van der Waals surface area contributed by atoms with E-state index in [1.807, 2.05) is 20.8 Å². The van der Waals surface area contributed by atoms with Crippen molar-refractivity contribution in [2.75, 3.05) is 13.1 Å². The van der Waals surface area contributed by atoms with E-state index in [0.29, 0.717) is 24.6 Å². The third-order valence-corrected chi connectivity index (χ3v) is 9.94. The van der Waals surface area contributed by atoms with Crippen LogP contribution in [0, 0.1) is 23.7 Å². The number of carbonyl (C=O) groups is 1. The first-order chi connectivity index (χ1) is 13.0. The van der Waals surface area contributed by atoms with Crippen molar-refractivity contribution < 1.29 is 13.2 Å². The number of nitrogens with zero attached hydrogens (tertiary/aromatic N) is 1. The number of rotatable bonds is 6. The highest BCUT2D eigenvalue weighted by molar-refractivity contribution is 7.89. The SMILES string of the molecule is CCN(CC)S(=O)(=O)c1ccc(C)c(C(=O)NC2CC3CCC2(C)C3(C)C)c1. The second-order valence-corrected chi connectivity index (χ2v) is 11.1. The van der Waals surface area contributed by atoms with E-state index in [9.17, 15) is 13.2 Å². The monoisotopic (exact) mass is 406 g/mol. The van der Waals surface area contributed by atoms with Gasteiger partial charge in [-0.2, -0.15) is 4.31 Å². The Hall–Kier alpha value is -1.40. The molecular weight excluding hydrogens is 372 g/mol. The molecule has 0 radical (unpaired) electrons. The van der Waals surface area contributed by atoms with E-state index in [4.69, 9.17) is 0 Å². The number of fused-ring (bicyclic) bond motifs is 2. The summed E-state index contributed by atoms with van der Waals surface area (Å²) in [6.45, 7) is 13.2. The lowest BCUT2D eigenvalue weighted by molar-refractivity contribution is 0.0825. The predicted molar refractivity (Wildman–Crippen MR) is 112 cm³/mol. The van der Waals surface area contributed by atoms with Gasteiger partial charge in [-0.3, -0.25) is 4.79 Å². The van der Waals surface area contributed by atoms with Crippen molar-refractivity contribution in [2.45, 2.75) is 71.7 Å². The molecule has 6 heteroatoms. The van der Waals surface area contributed by atoms with E-state index in [1.165, 1.54) is 10.7 Å². The molecule has 3 atom stereocenters. The predicted octanol–water partition coefficient (Wildman–Crippen LogP) is 3.97. The summed E-state index contributed by atoms with van der Waals surface area (Å²) in [4.78, 5) is 13.3. The van der Waals surface area contributed by atoms with Gasteiger partial charge >= 0.3 is 0 Å². The Morgan fingerprint density at radius 1 is 1.21 bits per heavy atom. The Morgan fingerprint density at radius 3 is 2.36 bits per heavy atom. The van der Waals surface area contributed by atoms with E-state index < -0.39 is 10.0 Å². The van der Waals surface area contributed by atoms with Crippen LogP contribution >= 0.6 is 0 Å². The van der Waals surface area contributed by atoms with E-state index in [2.05, 4.69) is 26.1 Å². The number of hydrogen-bond donors (Lipinski definition) is 1. The molecule has 3 rings (SSSR count). The Morgan fingerprint density at radius 2 is 1.86 bits per heavy atom. The maximum Gasteiger partial charge on any atom is 0.251 e. The Kier molecular flexibility index (Phi) is 5.43. The highest BCUT2D eigenvalue weighted by Crippen LogP contribution is 2.65. The third-order valence-electron chi connectivity index (χ3n) is 7.90. The Labute approximate surface area is 169 Å². The molecule has 0 aliphatic heterocycles. The van der Waals surface area contributed by atoms with Crippen LogP contribution in [0.15, 0.2) is 23.1 Å². The largest absolute Gasteiger partial charge is 0.349 e. The van der Waals surface area contributed by atoms with Crippen molar-refractivity contribution >= 4 is 15.9 Å². The summed E-state index contributed by atoms with van der Waals surface area (Å²) in [6.07, 6.45) is 3.36. The minimum absolute atomic E-state index is 0.0894. The maximum absolute atomic E-state index is 13.1. The molecule has 0 saturated heterocycles. The van der Waals surface area contributed by atoms with Gasteiger partial charge in [0.2, 0.25) is 10.0 Å². The number of sulfonamides is 1. The van der Waals surface area contributed by atoms with Crippen LogP contribution in [0.1, 0.15) is 69.8 Å². The maximum atomic E-state index is 13.1. The van der Waals surface area contributed by atoms with E-state index in [-0.39, 0.29) is 27.7 Å². The summed E-state index contributed by atoms with van der Waals surface area (Å²) in [5.41, 5.74) is 1.56. The van der Waals surface area contributed by atoms with Gasteiger partial charge < -0.3 is 5.32 Å². The standard InChI is InChI=1S/C22H34N2O3S/c1-7-24(8-2)28(26,27)17-10-9-15(3)18(14-17)20(25)23-19-13-16-11-12-22(19,6)21(16,4)5/h9-10,14,16,19H,7-8,11-13H2,1-6H3,(H,23,25). The summed E-state index contributed by atoms with van der Waals surface area (Å²) in [6, 6.07) is 5.01. The average Bonchev–Trinajstić information content (AvgIpc) is 2.96. The van der Waals surface area contributed by atoms with Crippen LogP contribution in [-0.4, -0.2) is 37.8 Å². The van der Waals surface area contributed by atoms with Gasteiger partial charge in [0.1, 0.15) is 0 Å². The zero-order chi connectivity index (χ0) is 20.9. The molecule has 0 heterocycles. The summed E-state index contributed by atoms with van der Waals surface area (Å²) >= 11 is 0. The number of benzene rings is 1. The Balaban J connectivity index is 1.88. The number of nitrogens with one attached hydrogen (secondary N) is 1. The van der Waals surface area contributed by atoms with Gasteiger partial charge in [-0.05, 0) is 60.6 Å². The van der Waals surface area contributed by atoms with Gasteiger partial charge in [-0.1, -0.05) is 40.7 Å². The van der Waals surface area contributed by atoms with Crippen LogP contribution in [0.25, 0.3) is 0 Å². The third kappa shape index (κ3) is 3.09. The van der Waals surface area contributed by atoms with Gasteiger partial charge in [-0.25, -0.2) is 8.42 Å². The lowest BCUT2D eigenvalue weighted by Crippen LogP contribution is -2.47. The first kappa shape index (κ1) is 21.3. The van der Waals surface area contributed by atoms with Gasteiger partial charge in [0.05, 0.1) is 4.90 Å². The molecular formula is C22H34N2O3S. The van der Waals surface area contributed by atoms with Gasteiger partial charge in [0.15, 0.2) is 0 Å². The molecule has 2 aliphatic carbocycles. The molecule has 1 amide bonds. The number of amides is 1. The highest BCUT2D eigenvalue weighted by atomic mass is 32.2. The van der Waals surface area contributed by atoms with Crippen LogP contribution in [-0.2, 0) is 10.0 Å². The van der Waals surface area contributed by atoms with Crippen molar-refractivity contribution in [1.82, 2.24) is 9.62 Å². The fourth-order valence-corrected chi connectivity index (χ4v) is 6.86. The molecule has 2 fully saturated rings. The van der Waals surface area contributed by atoms with Crippen LogP contribution in [0.5, 0.6) is 0 Å². The van der Waals surface area contributed by atoms with Crippen molar-refractivity contribution in [1.29, 1.82) is 0 Å². The lowest BCUT2D eigenvalue weighted by atomic mass is 9.69. The Bertz CT molecular complexity index is 874. The lowest BCUT2D eigenvalue weighted by Gasteiger charge is -2.39. The molecule has 28 heavy (non-hydrogen) atoms.